The third kappa shape index (κ3) is 33.0. The zero-order valence-electron chi connectivity index (χ0n) is 28.5. The van der Waals surface area contributed by atoms with E-state index in [0.717, 1.165) is 64.2 Å². The van der Waals surface area contributed by atoms with Gasteiger partial charge in [0.05, 0.1) is 6.10 Å². The molecule has 6 nitrogen and oxygen atoms in total. The maximum absolute atomic E-state index is 11.9. The summed E-state index contributed by atoms with van der Waals surface area (Å²) >= 11 is 0. The molecule has 0 aliphatic carbocycles. The molecule has 2 N–H and O–H groups in total. The molecule has 256 valence electrons. The Morgan fingerprint density at radius 2 is 1.02 bits per heavy atom. The van der Waals surface area contributed by atoms with Crippen LogP contribution < -0.4 is 0 Å². The maximum atomic E-state index is 11.9. The van der Waals surface area contributed by atoms with Crippen molar-refractivity contribution in [2.45, 2.75) is 180 Å². The second-order valence-electron chi connectivity index (χ2n) is 12.2. The second-order valence-corrected chi connectivity index (χ2v) is 12.2. The van der Waals surface area contributed by atoms with E-state index in [1.165, 1.54) is 70.6 Å². The normalized spacial score (nSPS) is 13.3. The minimum atomic E-state index is -0.983. The first-order chi connectivity index (χ1) is 21.5. The van der Waals surface area contributed by atoms with Crippen LogP contribution in [0.5, 0.6) is 0 Å². The Labute approximate surface area is 270 Å². The molecule has 0 bridgehead atoms. The molecule has 0 amide bonds. The zero-order chi connectivity index (χ0) is 32.4. The standard InChI is InChI=1S/C38H68O6/c1-3-5-7-8-9-10-11-12-13-14-17-20-23-27-31-37(41)43-33-36(40)34-44-38(42)32-28-24-21-18-15-16-19-22-26-30-35(39)29-25-6-4-2/h6,19,22,25-26,30,35-36,39-40H,3-5,7-18,20-21,23-24,27-29,31-34H2,1-2H3/b22-19+,25-6+,30-26+/t35?,36-/m0/s1. The van der Waals surface area contributed by atoms with Crippen LogP contribution in [0.15, 0.2) is 36.5 Å². The highest BCUT2D eigenvalue weighted by Gasteiger charge is 2.12. The molecule has 0 aromatic heterocycles. The van der Waals surface area contributed by atoms with E-state index in [2.05, 4.69) is 26.0 Å². The maximum Gasteiger partial charge on any atom is 0.305 e. The number of ether oxygens (including phenoxy) is 2. The highest BCUT2D eigenvalue weighted by Crippen LogP contribution is 2.14. The van der Waals surface area contributed by atoms with Crippen molar-refractivity contribution in [2.24, 2.45) is 0 Å². The Kier molecular flexibility index (Phi) is 32.5. The van der Waals surface area contributed by atoms with Gasteiger partial charge in [-0.3, -0.25) is 9.59 Å². The Morgan fingerprint density at radius 3 is 1.50 bits per heavy atom. The summed E-state index contributed by atoms with van der Waals surface area (Å²) in [6.45, 7) is 4.06. The predicted octanol–water partition coefficient (Wildman–Crippen LogP) is 9.87. The molecule has 0 aliphatic rings. The van der Waals surface area contributed by atoms with Gasteiger partial charge in [0, 0.05) is 12.8 Å². The van der Waals surface area contributed by atoms with Crippen molar-refractivity contribution in [3.8, 4) is 0 Å². The van der Waals surface area contributed by atoms with Gasteiger partial charge in [-0.25, -0.2) is 0 Å². The first-order valence-corrected chi connectivity index (χ1v) is 18.1. The molecule has 0 heterocycles. The molecule has 0 fully saturated rings. The lowest BCUT2D eigenvalue weighted by molar-refractivity contribution is -0.152. The van der Waals surface area contributed by atoms with Crippen LogP contribution in [-0.4, -0.2) is 47.6 Å². The molecule has 0 aromatic rings. The van der Waals surface area contributed by atoms with Gasteiger partial charge in [0.1, 0.15) is 19.3 Å². The fourth-order valence-electron chi connectivity index (χ4n) is 4.94. The van der Waals surface area contributed by atoms with Gasteiger partial charge in [-0.2, -0.15) is 0 Å². The summed E-state index contributed by atoms with van der Waals surface area (Å²) < 4.78 is 10.3. The Hall–Kier alpha value is -1.92. The van der Waals surface area contributed by atoms with Crippen LogP contribution in [0, 0.1) is 0 Å². The molecule has 0 radical (unpaired) electrons. The number of unbranched alkanes of at least 4 members (excludes halogenated alkanes) is 18. The van der Waals surface area contributed by atoms with Gasteiger partial charge in [0.2, 0.25) is 0 Å². The van der Waals surface area contributed by atoms with Gasteiger partial charge in [-0.05, 0) is 38.5 Å². The van der Waals surface area contributed by atoms with E-state index in [0.29, 0.717) is 19.3 Å². The quantitative estimate of drug-likeness (QED) is 0.0336. The van der Waals surface area contributed by atoms with E-state index in [-0.39, 0.29) is 25.2 Å². The number of hydrogen-bond donors (Lipinski definition) is 2. The van der Waals surface area contributed by atoms with Crippen LogP contribution in [0.1, 0.15) is 168 Å². The lowest BCUT2D eigenvalue weighted by atomic mass is 10.0. The minimum Gasteiger partial charge on any atom is -0.463 e. The monoisotopic (exact) mass is 621 g/mol. The van der Waals surface area contributed by atoms with E-state index in [9.17, 15) is 19.8 Å². The molecule has 0 aliphatic heterocycles. The summed E-state index contributed by atoms with van der Waals surface area (Å²) in [5, 5.41) is 19.8. The molecule has 44 heavy (non-hydrogen) atoms. The number of aliphatic hydroxyl groups is 2. The van der Waals surface area contributed by atoms with Crippen molar-refractivity contribution < 1.29 is 29.3 Å². The van der Waals surface area contributed by atoms with Gasteiger partial charge in [0.25, 0.3) is 0 Å². The number of hydrogen-bond acceptors (Lipinski definition) is 6. The number of rotatable bonds is 32. The third-order valence-electron chi connectivity index (χ3n) is 7.72. The first kappa shape index (κ1) is 42.1. The third-order valence-corrected chi connectivity index (χ3v) is 7.72. The Balaban J connectivity index is 3.51. The van der Waals surface area contributed by atoms with E-state index >= 15 is 0 Å². The molecular weight excluding hydrogens is 552 g/mol. The average Bonchev–Trinajstić information content (AvgIpc) is 3.01. The summed E-state index contributed by atoms with van der Waals surface area (Å²) in [5.74, 6) is -0.615. The molecular formula is C38H68O6. The molecule has 0 aromatic carbocycles. The fraction of sp³-hybridized carbons (Fsp3) is 0.789. The first-order valence-electron chi connectivity index (χ1n) is 18.1. The van der Waals surface area contributed by atoms with Crippen LogP contribution in [0.4, 0.5) is 0 Å². The number of esters is 2. The number of carbonyl (C=O) groups excluding carboxylic acids is 2. The van der Waals surface area contributed by atoms with Crippen LogP contribution in [0.2, 0.25) is 0 Å². The zero-order valence-corrected chi connectivity index (χ0v) is 28.5. The highest BCUT2D eigenvalue weighted by atomic mass is 16.6. The van der Waals surface area contributed by atoms with Crippen molar-refractivity contribution in [3.05, 3.63) is 36.5 Å². The smallest absolute Gasteiger partial charge is 0.305 e. The molecule has 6 heteroatoms. The topological polar surface area (TPSA) is 93.1 Å². The largest absolute Gasteiger partial charge is 0.463 e. The van der Waals surface area contributed by atoms with Gasteiger partial charge in [-0.1, -0.05) is 153 Å². The van der Waals surface area contributed by atoms with Crippen LogP contribution in [0.25, 0.3) is 0 Å². The van der Waals surface area contributed by atoms with Crippen molar-refractivity contribution in [1.82, 2.24) is 0 Å². The lowest BCUT2D eigenvalue weighted by Crippen LogP contribution is -2.25. The predicted molar refractivity (Wildman–Crippen MR) is 184 cm³/mol. The molecule has 2 atom stereocenters. The van der Waals surface area contributed by atoms with E-state index in [1.807, 2.05) is 24.3 Å². The van der Waals surface area contributed by atoms with Crippen LogP contribution in [-0.2, 0) is 19.1 Å². The number of aliphatic hydroxyl groups excluding tert-OH is 2. The summed E-state index contributed by atoms with van der Waals surface area (Å²) in [6.07, 6.45) is 36.7. The van der Waals surface area contributed by atoms with Gasteiger partial charge >= 0.3 is 11.9 Å². The van der Waals surface area contributed by atoms with Crippen LogP contribution >= 0.6 is 0 Å². The SMILES string of the molecule is CC/C=C/CC(O)/C=C/C=C/CCCCCCCC(=O)OC[C@@H](O)COC(=O)CCCCCCCCCCCCCCCC. The van der Waals surface area contributed by atoms with E-state index in [4.69, 9.17) is 9.47 Å². The van der Waals surface area contributed by atoms with Gasteiger partial charge < -0.3 is 19.7 Å². The van der Waals surface area contributed by atoms with Crippen molar-refractivity contribution in [1.29, 1.82) is 0 Å². The van der Waals surface area contributed by atoms with Crippen LogP contribution in [0.3, 0.4) is 0 Å². The number of carbonyl (C=O) groups is 2. The second kappa shape index (κ2) is 34.0. The Morgan fingerprint density at radius 1 is 0.568 bits per heavy atom. The van der Waals surface area contributed by atoms with E-state index < -0.39 is 12.2 Å². The van der Waals surface area contributed by atoms with Crippen molar-refractivity contribution in [2.75, 3.05) is 13.2 Å². The molecule has 1 unspecified atom stereocenters. The molecule has 0 rings (SSSR count). The highest BCUT2D eigenvalue weighted by molar-refractivity contribution is 5.69. The minimum absolute atomic E-state index is 0.133. The molecule has 0 spiro atoms. The number of allylic oxidation sites excluding steroid dienone is 4. The van der Waals surface area contributed by atoms with Gasteiger partial charge in [-0.15, -0.1) is 0 Å². The van der Waals surface area contributed by atoms with Crippen molar-refractivity contribution in [3.63, 3.8) is 0 Å². The summed E-state index contributed by atoms with van der Waals surface area (Å²) in [6, 6.07) is 0. The fourth-order valence-corrected chi connectivity index (χ4v) is 4.94. The molecule has 0 saturated carbocycles. The van der Waals surface area contributed by atoms with Gasteiger partial charge in [0.15, 0.2) is 0 Å². The Bertz CT molecular complexity index is 729. The average molecular weight is 621 g/mol. The summed E-state index contributed by atoms with van der Waals surface area (Å²) in [4.78, 5) is 23.8. The summed E-state index contributed by atoms with van der Waals surface area (Å²) in [7, 11) is 0. The van der Waals surface area contributed by atoms with E-state index in [1.54, 1.807) is 0 Å². The summed E-state index contributed by atoms with van der Waals surface area (Å²) in [5.41, 5.74) is 0. The molecule has 0 saturated heterocycles. The van der Waals surface area contributed by atoms with Crippen molar-refractivity contribution >= 4 is 11.9 Å². The lowest BCUT2D eigenvalue weighted by Gasteiger charge is -2.12.